The second-order valence-electron chi connectivity index (χ2n) is 4.32. The van der Waals surface area contributed by atoms with Gasteiger partial charge in [-0.25, -0.2) is 9.97 Å². The number of nitrogens with two attached hydrogens (primary N) is 1. The van der Waals surface area contributed by atoms with Crippen LogP contribution in [0.2, 0.25) is 0 Å². The molecule has 6 heteroatoms. The van der Waals surface area contributed by atoms with Crippen LogP contribution in [0.25, 0.3) is 10.2 Å². The van der Waals surface area contributed by atoms with Gasteiger partial charge in [0.1, 0.15) is 0 Å². The number of hydrogen-bond acceptors (Lipinski definition) is 6. The van der Waals surface area contributed by atoms with Crippen molar-refractivity contribution < 1.29 is 0 Å². The molecule has 0 atom stereocenters. The highest BCUT2D eigenvalue weighted by Gasteiger charge is 2.03. The van der Waals surface area contributed by atoms with E-state index >= 15 is 0 Å². The number of thiazole rings is 2. The van der Waals surface area contributed by atoms with Crippen molar-refractivity contribution in [3.63, 3.8) is 0 Å². The minimum atomic E-state index is 0.625. The molecule has 0 aliphatic rings. The van der Waals surface area contributed by atoms with Crippen LogP contribution in [-0.2, 0) is 13.1 Å². The first-order valence-corrected chi connectivity index (χ1v) is 7.66. The number of nitrogen functional groups attached to an aromatic ring is 1. The van der Waals surface area contributed by atoms with Crippen LogP contribution in [-0.4, -0.2) is 9.97 Å². The smallest absolute Gasteiger partial charge is 0.181 e. The Labute approximate surface area is 119 Å². The Hall–Kier alpha value is -1.50. The fourth-order valence-electron chi connectivity index (χ4n) is 1.91. The minimum Gasteiger partial charge on any atom is -0.375 e. The Morgan fingerprint density at radius 2 is 2.21 bits per heavy atom. The zero-order valence-electron chi connectivity index (χ0n) is 10.5. The quantitative estimate of drug-likeness (QED) is 0.775. The van der Waals surface area contributed by atoms with Crippen molar-refractivity contribution in [3.05, 3.63) is 39.8 Å². The average Bonchev–Trinajstić information content (AvgIpc) is 2.94. The maximum Gasteiger partial charge on any atom is 0.181 e. The highest BCUT2D eigenvalue weighted by molar-refractivity contribution is 7.22. The molecule has 0 aliphatic heterocycles. The molecule has 0 bridgehead atoms. The lowest BCUT2D eigenvalue weighted by Gasteiger charge is -2.04. The molecule has 19 heavy (non-hydrogen) atoms. The first-order valence-electron chi connectivity index (χ1n) is 5.97. The van der Waals surface area contributed by atoms with Crippen LogP contribution in [0.3, 0.4) is 0 Å². The van der Waals surface area contributed by atoms with E-state index in [0.29, 0.717) is 5.13 Å². The van der Waals surface area contributed by atoms with Gasteiger partial charge in [0, 0.05) is 18.0 Å². The lowest BCUT2D eigenvalue weighted by Crippen LogP contribution is -2.12. The van der Waals surface area contributed by atoms with E-state index in [9.17, 15) is 0 Å². The summed E-state index contributed by atoms with van der Waals surface area (Å²) in [7, 11) is 0. The molecule has 0 saturated heterocycles. The number of nitrogens with one attached hydrogen (secondary N) is 1. The van der Waals surface area contributed by atoms with Gasteiger partial charge < -0.3 is 11.1 Å². The van der Waals surface area contributed by atoms with Crippen molar-refractivity contribution in [2.75, 3.05) is 5.73 Å². The summed E-state index contributed by atoms with van der Waals surface area (Å²) in [6, 6.07) is 6.26. The maximum absolute atomic E-state index is 5.71. The van der Waals surface area contributed by atoms with Crippen LogP contribution >= 0.6 is 22.7 Å². The summed E-state index contributed by atoms with van der Waals surface area (Å²) in [6.45, 7) is 3.74. The van der Waals surface area contributed by atoms with Gasteiger partial charge in [-0.05, 0) is 24.6 Å². The molecule has 3 N–H and O–H groups in total. The third kappa shape index (κ3) is 2.75. The molecule has 3 rings (SSSR count). The molecule has 2 aromatic heterocycles. The summed E-state index contributed by atoms with van der Waals surface area (Å²) in [5, 5.41) is 4.07. The summed E-state index contributed by atoms with van der Waals surface area (Å²) in [5.41, 5.74) is 10.9. The van der Waals surface area contributed by atoms with Gasteiger partial charge in [0.05, 0.1) is 21.4 Å². The Morgan fingerprint density at radius 1 is 1.32 bits per heavy atom. The monoisotopic (exact) mass is 290 g/mol. The molecular weight excluding hydrogens is 276 g/mol. The highest BCUT2D eigenvalue weighted by atomic mass is 32.1. The molecule has 2 heterocycles. The van der Waals surface area contributed by atoms with E-state index in [0.717, 1.165) is 29.0 Å². The molecule has 0 saturated carbocycles. The molecule has 1 aromatic carbocycles. The van der Waals surface area contributed by atoms with Crippen LogP contribution in [0.15, 0.2) is 23.7 Å². The molecule has 0 amide bonds. The molecule has 4 nitrogen and oxygen atoms in total. The first-order chi connectivity index (χ1) is 9.22. The second-order valence-corrected chi connectivity index (χ2v) is 6.32. The zero-order valence-corrected chi connectivity index (χ0v) is 12.1. The van der Waals surface area contributed by atoms with Crippen molar-refractivity contribution in [3.8, 4) is 0 Å². The van der Waals surface area contributed by atoms with E-state index in [-0.39, 0.29) is 0 Å². The molecule has 3 aromatic rings. The standard InChI is InChI=1S/C13H14N4S2/c1-8-12(18-7-16-8)6-15-5-9-2-3-10-11(4-9)19-13(14)17-10/h2-4,7,15H,5-6H2,1H3,(H2,14,17). The van der Waals surface area contributed by atoms with E-state index in [1.54, 1.807) is 11.3 Å². The van der Waals surface area contributed by atoms with Crippen molar-refractivity contribution in [1.82, 2.24) is 15.3 Å². The number of hydrogen-bond donors (Lipinski definition) is 2. The van der Waals surface area contributed by atoms with Crippen molar-refractivity contribution >= 4 is 38.0 Å². The van der Waals surface area contributed by atoms with Crippen molar-refractivity contribution in [2.24, 2.45) is 0 Å². The Bertz CT molecular complexity index is 702. The average molecular weight is 290 g/mol. The van der Waals surface area contributed by atoms with E-state index < -0.39 is 0 Å². The molecular formula is C13H14N4S2. The van der Waals surface area contributed by atoms with E-state index in [1.807, 2.05) is 18.5 Å². The Kier molecular flexibility index (Phi) is 3.46. The van der Waals surface area contributed by atoms with Gasteiger partial charge >= 0.3 is 0 Å². The fourth-order valence-corrected chi connectivity index (χ4v) is 3.46. The maximum atomic E-state index is 5.71. The van der Waals surface area contributed by atoms with E-state index in [1.165, 1.54) is 21.8 Å². The lowest BCUT2D eigenvalue weighted by molar-refractivity contribution is 0.698. The molecule has 0 radical (unpaired) electrons. The highest BCUT2D eigenvalue weighted by Crippen LogP contribution is 2.24. The predicted octanol–water partition coefficient (Wildman–Crippen LogP) is 2.93. The van der Waals surface area contributed by atoms with Crippen LogP contribution in [0.1, 0.15) is 16.1 Å². The van der Waals surface area contributed by atoms with Gasteiger partial charge in [-0.15, -0.1) is 11.3 Å². The van der Waals surface area contributed by atoms with Gasteiger partial charge in [0.2, 0.25) is 0 Å². The zero-order chi connectivity index (χ0) is 13.2. The summed E-state index contributed by atoms with van der Waals surface area (Å²) in [5.74, 6) is 0. The summed E-state index contributed by atoms with van der Waals surface area (Å²) >= 11 is 3.22. The van der Waals surface area contributed by atoms with Crippen LogP contribution < -0.4 is 11.1 Å². The normalized spacial score (nSPS) is 11.2. The Balaban J connectivity index is 1.66. The number of aryl methyl sites for hydroxylation is 1. The van der Waals surface area contributed by atoms with Crippen LogP contribution in [0.4, 0.5) is 5.13 Å². The van der Waals surface area contributed by atoms with Gasteiger partial charge in [-0.1, -0.05) is 17.4 Å². The fraction of sp³-hybridized carbons (Fsp3) is 0.231. The summed E-state index contributed by atoms with van der Waals surface area (Å²) in [6.07, 6.45) is 0. The Morgan fingerprint density at radius 3 is 3.00 bits per heavy atom. The van der Waals surface area contributed by atoms with Gasteiger partial charge in [0.25, 0.3) is 0 Å². The SMILES string of the molecule is Cc1ncsc1CNCc1ccc2nc(N)sc2c1. The second kappa shape index (κ2) is 5.24. The number of fused-ring (bicyclic) bond motifs is 1. The third-order valence-corrected chi connectivity index (χ3v) is 4.71. The van der Waals surface area contributed by atoms with Crippen molar-refractivity contribution in [1.29, 1.82) is 0 Å². The largest absolute Gasteiger partial charge is 0.375 e. The number of anilines is 1. The lowest BCUT2D eigenvalue weighted by atomic mass is 10.2. The first kappa shape index (κ1) is 12.5. The number of benzene rings is 1. The van der Waals surface area contributed by atoms with E-state index in [4.69, 9.17) is 5.73 Å². The molecule has 0 spiro atoms. The van der Waals surface area contributed by atoms with Gasteiger partial charge in [-0.2, -0.15) is 0 Å². The minimum absolute atomic E-state index is 0.625. The number of aromatic nitrogens is 2. The molecule has 0 fully saturated rings. The topological polar surface area (TPSA) is 63.8 Å². The molecule has 0 unspecified atom stereocenters. The van der Waals surface area contributed by atoms with E-state index in [2.05, 4.69) is 27.4 Å². The summed E-state index contributed by atoms with van der Waals surface area (Å²) in [4.78, 5) is 9.79. The molecule has 98 valence electrons. The number of rotatable bonds is 4. The van der Waals surface area contributed by atoms with Crippen LogP contribution in [0, 0.1) is 6.92 Å². The number of nitrogens with zero attached hydrogens (tertiary/aromatic N) is 2. The third-order valence-electron chi connectivity index (χ3n) is 2.93. The molecule has 0 aliphatic carbocycles. The van der Waals surface area contributed by atoms with Crippen LogP contribution in [0.5, 0.6) is 0 Å². The summed E-state index contributed by atoms with van der Waals surface area (Å²) < 4.78 is 1.14. The predicted molar refractivity (Wildman–Crippen MR) is 81.4 cm³/mol. The van der Waals surface area contributed by atoms with Crippen molar-refractivity contribution in [2.45, 2.75) is 20.0 Å². The van der Waals surface area contributed by atoms with Gasteiger partial charge in [-0.3, -0.25) is 0 Å². The van der Waals surface area contributed by atoms with Gasteiger partial charge in [0.15, 0.2) is 5.13 Å².